The first-order chi connectivity index (χ1) is 11.9. The molecule has 0 atom stereocenters. The molecule has 9 heteroatoms. The lowest BCUT2D eigenvalue weighted by molar-refractivity contribution is -0.384. The van der Waals surface area contributed by atoms with Gasteiger partial charge in [0.25, 0.3) is 5.69 Å². The molecule has 2 N–H and O–H groups in total. The SMILES string of the molecule is Cc1c2ccc(NC(=O)Nc3cccc([N+](=O)[O-])c3Cl)cc2nn1C. The number of nitrogens with zero attached hydrogens (tertiary/aromatic N) is 3. The van der Waals surface area contributed by atoms with Gasteiger partial charge in [-0.2, -0.15) is 5.10 Å². The van der Waals surface area contributed by atoms with E-state index in [-0.39, 0.29) is 16.4 Å². The molecule has 2 amide bonds. The summed E-state index contributed by atoms with van der Waals surface area (Å²) < 4.78 is 1.76. The van der Waals surface area contributed by atoms with Crippen molar-refractivity contribution >= 4 is 45.6 Å². The summed E-state index contributed by atoms with van der Waals surface area (Å²) in [7, 11) is 1.85. The number of carbonyl (C=O) groups excluding carboxylic acids is 1. The van der Waals surface area contributed by atoms with Gasteiger partial charge < -0.3 is 10.6 Å². The van der Waals surface area contributed by atoms with E-state index in [1.54, 1.807) is 16.8 Å². The molecule has 0 spiro atoms. The summed E-state index contributed by atoms with van der Waals surface area (Å²) >= 11 is 5.95. The highest BCUT2D eigenvalue weighted by Gasteiger charge is 2.17. The Kier molecular flexibility index (Phi) is 4.28. The molecule has 0 unspecified atom stereocenters. The predicted molar refractivity (Wildman–Crippen MR) is 96.2 cm³/mol. The van der Waals surface area contributed by atoms with Gasteiger partial charge in [0.15, 0.2) is 0 Å². The number of anilines is 2. The molecule has 0 saturated heterocycles. The minimum Gasteiger partial charge on any atom is -0.308 e. The van der Waals surface area contributed by atoms with Crippen LogP contribution in [0.1, 0.15) is 5.69 Å². The van der Waals surface area contributed by atoms with Gasteiger partial charge in [-0.25, -0.2) is 4.79 Å². The van der Waals surface area contributed by atoms with Gasteiger partial charge in [-0.05, 0) is 31.2 Å². The third kappa shape index (κ3) is 3.24. The van der Waals surface area contributed by atoms with E-state index in [0.29, 0.717) is 5.69 Å². The number of carbonyl (C=O) groups is 1. The van der Waals surface area contributed by atoms with Crippen LogP contribution in [0.3, 0.4) is 0 Å². The van der Waals surface area contributed by atoms with Crippen molar-refractivity contribution in [3.05, 3.63) is 57.2 Å². The second-order valence-corrected chi connectivity index (χ2v) is 5.79. The van der Waals surface area contributed by atoms with Gasteiger partial charge in [0.2, 0.25) is 0 Å². The third-order valence-corrected chi connectivity index (χ3v) is 4.21. The molecular weight excluding hydrogens is 346 g/mol. The second kappa shape index (κ2) is 6.40. The first kappa shape index (κ1) is 16.7. The van der Waals surface area contributed by atoms with Crippen LogP contribution in [0.15, 0.2) is 36.4 Å². The Morgan fingerprint density at radius 3 is 2.76 bits per heavy atom. The van der Waals surface area contributed by atoms with Crippen molar-refractivity contribution in [1.29, 1.82) is 0 Å². The highest BCUT2D eigenvalue weighted by Crippen LogP contribution is 2.31. The zero-order valence-electron chi connectivity index (χ0n) is 13.4. The van der Waals surface area contributed by atoms with E-state index < -0.39 is 11.0 Å². The van der Waals surface area contributed by atoms with Gasteiger partial charge in [-0.15, -0.1) is 0 Å². The number of aromatic nitrogens is 2. The molecule has 0 radical (unpaired) electrons. The average Bonchev–Trinajstić information content (AvgIpc) is 2.83. The van der Waals surface area contributed by atoms with Crippen molar-refractivity contribution in [2.75, 3.05) is 10.6 Å². The van der Waals surface area contributed by atoms with Gasteiger partial charge in [-0.1, -0.05) is 17.7 Å². The Morgan fingerprint density at radius 2 is 2.04 bits per heavy atom. The second-order valence-electron chi connectivity index (χ2n) is 5.42. The molecule has 0 saturated carbocycles. The predicted octanol–water partition coefficient (Wildman–Crippen LogP) is 4.09. The Balaban J connectivity index is 1.79. The molecule has 1 aromatic heterocycles. The van der Waals surface area contributed by atoms with Gasteiger partial charge in [0.1, 0.15) is 5.02 Å². The highest BCUT2D eigenvalue weighted by molar-refractivity contribution is 6.35. The Bertz CT molecular complexity index is 999. The van der Waals surface area contributed by atoms with Crippen LogP contribution >= 0.6 is 11.6 Å². The largest absolute Gasteiger partial charge is 0.323 e. The van der Waals surface area contributed by atoms with Crippen LogP contribution in [0.25, 0.3) is 10.9 Å². The van der Waals surface area contributed by atoms with Crippen LogP contribution in [0.2, 0.25) is 5.02 Å². The van der Waals surface area contributed by atoms with E-state index in [0.717, 1.165) is 16.6 Å². The fraction of sp³-hybridized carbons (Fsp3) is 0.125. The number of urea groups is 1. The van der Waals surface area contributed by atoms with Crippen molar-refractivity contribution in [3.63, 3.8) is 0 Å². The first-order valence-electron chi connectivity index (χ1n) is 7.31. The Morgan fingerprint density at radius 1 is 1.28 bits per heavy atom. The molecule has 3 rings (SSSR count). The average molecular weight is 360 g/mol. The third-order valence-electron chi connectivity index (χ3n) is 3.81. The van der Waals surface area contributed by atoms with E-state index >= 15 is 0 Å². The lowest BCUT2D eigenvalue weighted by Crippen LogP contribution is -2.19. The van der Waals surface area contributed by atoms with Crippen molar-refractivity contribution in [2.45, 2.75) is 6.92 Å². The minimum absolute atomic E-state index is 0.126. The van der Waals surface area contributed by atoms with Gasteiger partial charge in [-0.3, -0.25) is 14.8 Å². The summed E-state index contributed by atoms with van der Waals surface area (Å²) in [5.74, 6) is 0. The monoisotopic (exact) mass is 359 g/mol. The number of halogens is 1. The number of rotatable bonds is 3. The van der Waals surface area contributed by atoms with Crippen LogP contribution in [0.4, 0.5) is 21.9 Å². The summed E-state index contributed by atoms with van der Waals surface area (Å²) in [6.45, 7) is 1.96. The summed E-state index contributed by atoms with van der Waals surface area (Å²) in [5.41, 5.74) is 2.21. The van der Waals surface area contributed by atoms with Crippen molar-refractivity contribution in [3.8, 4) is 0 Å². The lowest BCUT2D eigenvalue weighted by atomic mass is 10.2. The van der Waals surface area contributed by atoms with E-state index in [1.807, 2.05) is 20.0 Å². The summed E-state index contributed by atoms with van der Waals surface area (Å²) in [5, 5.41) is 21.3. The number of amides is 2. The highest BCUT2D eigenvalue weighted by atomic mass is 35.5. The number of nitrogens with one attached hydrogen (secondary N) is 2. The molecule has 0 aliphatic heterocycles. The molecule has 1 heterocycles. The fourth-order valence-electron chi connectivity index (χ4n) is 2.45. The molecule has 0 aliphatic carbocycles. The number of benzene rings is 2. The normalized spacial score (nSPS) is 10.7. The zero-order valence-corrected chi connectivity index (χ0v) is 14.2. The van der Waals surface area contributed by atoms with E-state index in [1.165, 1.54) is 18.2 Å². The van der Waals surface area contributed by atoms with E-state index in [2.05, 4.69) is 15.7 Å². The number of fused-ring (bicyclic) bond motifs is 1. The van der Waals surface area contributed by atoms with Crippen LogP contribution in [-0.4, -0.2) is 20.7 Å². The van der Waals surface area contributed by atoms with Crippen molar-refractivity contribution in [1.82, 2.24) is 9.78 Å². The summed E-state index contributed by atoms with van der Waals surface area (Å²) in [6.07, 6.45) is 0. The first-order valence-corrected chi connectivity index (χ1v) is 7.69. The molecule has 2 aromatic carbocycles. The molecule has 25 heavy (non-hydrogen) atoms. The van der Waals surface area contributed by atoms with Crippen LogP contribution < -0.4 is 10.6 Å². The zero-order chi connectivity index (χ0) is 18.1. The van der Waals surface area contributed by atoms with Gasteiger partial charge >= 0.3 is 6.03 Å². The number of hydrogen-bond acceptors (Lipinski definition) is 4. The molecular formula is C16H14ClN5O3. The minimum atomic E-state index is -0.608. The number of aryl methyl sites for hydroxylation is 2. The van der Waals surface area contributed by atoms with E-state index in [4.69, 9.17) is 11.6 Å². The van der Waals surface area contributed by atoms with Crippen LogP contribution in [0, 0.1) is 17.0 Å². The van der Waals surface area contributed by atoms with Crippen molar-refractivity contribution < 1.29 is 9.72 Å². The van der Waals surface area contributed by atoms with Crippen LogP contribution in [-0.2, 0) is 7.05 Å². The fourth-order valence-corrected chi connectivity index (χ4v) is 2.69. The number of nitro groups is 1. The Labute approximate surface area is 147 Å². The topological polar surface area (TPSA) is 102 Å². The summed E-state index contributed by atoms with van der Waals surface area (Å²) in [6, 6.07) is 9.01. The Hall–Kier alpha value is -3.13. The molecule has 0 bridgehead atoms. The van der Waals surface area contributed by atoms with Crippen LogP contribution in [0.5, 0.6) is 0 Å². The standard InChI is InChI=1S/C16H14ClN5O3/c1-9-11-7-6-10(8-13(11)20-21(9)2)18-16(23)19-12-4-3-5-14(15(12)17)22(24)25/h3-8H,1-2H3,(H2,18,19,23). The molecule has 0 fully saturated rings. The van der Waals surface area contributed by atoms with Crippen molar-refractivity contribution in [2.24, 2.45) is 7.05 Å². The lowest BCUT2D eigenvalue weighted by Gasteiger charge is -2.09. The quantitative estimate of drug-likeness (QED) is 0.543. The maximum atomic E-state index is 12.1. The molecule has 0 aliphatic rings. The number of nitro benzene ring substituents is 1. The maximum Gasteiger partial charge on any atom is 0.323 e. The molecule has 8 nitrogen and oxygen atoms in total. The van der Waals surface area contributed by atoms with Gasteiger partial charge in [0, 0.05) is 29.9 Å². The maximum absolute atomic E-state index is 12.1. The molecule has 128 valence electrons. The number of hydrogen-bond donors (Lipinski definition) is 2. The summed E-state index contributed by atoms with van der Waals surface area (Å²) in [4.78, 5) is 22.4. The van der Waals surface area contributed by atoms with Gasteiger partial charge in [0.05, 0.1) is 16.1 Å². The van der Waals surface area contributed by atoms with E-state index in [9.17, 15) is 14.9 Å². The smallest absolute Gasteiger partial charge is 0.308 e. The molecule has 3 aromatic rings.